The number of anilines is 1. The van der Waals surface area contributed by atoms with Crippen molar-refractivity contribution >= 4 is 11.6 Å². The summed E-state index contributed by atoms with van der Waals surface area (Å²) in [6.45, 7) is 2.12. The van der Waals surface area contributed by atoms with E-state index in [1.807, 2.05) is 18.9 Å². The second kappa shape index (κ2) is 6.73. The number of rotatable bonds is 4. The minimum atomic E-state index is -0.286. The minimum absolute atomic E-state index is 0.0700. The molecule has 0 heterocycles. The van der Waals surface area contributed by atoms with Crippen LogP contribution in [0.1, 0.15) is 37.7 Å². The molecule has 1 N–H and O–H groups in total. The van der Waals surface area contributed by atoms with Gasteiger partial charge in [-0.1, -0.05) is 25.3 Å². The van der Waals surface area contributed by atoms with Gasteiger partial charge in [-0.3, -0.25) is 4.79 Å². The molecular formula is C16H23FN2O. The lowest BCUT2D eigenvalue weighted by atomic mass is 9.94. The smallest absolute Gasteiger partial charge is 0.241 e. The van der Waals surface area contributed by atoms with Gasteiger partial charge in [0, 0.05) is 18.8 Å². The maximum absolute atomic E-state index is 13.2. The Hall–Kier alpha value is -1.58. The van der Waals surface area contributed by atoms with Gasteiger partial charge in [0.25, 0.3) is 0 Å². The van der Waals surface area contributed by atoms with Crippen LogP contribution in [0.15, 0.2) is 18.2 Å². The first-order valence-corrected chi connectivity index (χ1v) is 7.33. The van der Waals surface area contributed by atoms with Gasteiger partial charge >= 0.3 is 0 Å². The van der Waals surface area contributed by atoms with Crippen LogP contribution in [0.25, 0.3) is 0 Å². The van der Waals surface area contributed by atoms with Crippen molar-refractivity contribution in [1.82, 2.24) is 4.90 Å². The SMILES string of the molecule is Cc1ccc(F)cc1NCC(=O)N(C)C1CCCCC1. The average Bonchev–Trinajstić information content (AvgIpc) is 2.48. The molecule has 1 amide bonds. The van der Waals surface area contributed by atoms with E-state index >= 15 is 0 Å². The minimum Gasteiger partial charge on any atom is -0.376 e. The lowest BCUT2D eigenvalue weighted by Crippen LogP contribution is -2.41. The number of benzene rings is 1. The lowest BCUT2D eigenvalue weighted by molar-refractivity contribution is -0.130. The number of carbonyl (C=O) groups is 1. The Balaban J connectivity index is 1.89. The second-order valence-corrected chi connectivity index (χ2v) is 5.61. The van der Waals surface area contributed by atoms with Crippen LogP contribution in [0.2, 0.25) is 0 Å². The molecule has 0 unspecified atom stereocenters. The summed E-state index contributed by atoms with van der Waals surface area (Å²) in [6, 6.07) is 4.94. The summed E-state index contributed by atoms with van der Waals surface area (Å²) in [7, 11) is 1.87. The number of likely N-dealkylation sites (N-methyl/N-ethyl adjacent to an activating group) is 1. The van der Waals surface area contributed by atoms with E-state index in [0.717, 1.165) is 18.4 Å². The molecule has 1 saturated carbocycles. The number of hydrogen-bond acceptors (Lipinski definition) is 2. The van der Waals surface area contributed by atoms with Gasteiger partial charge < -0.3 is 10.2 Å². The van der Waals surface area contributed by atoms with Gasteiger partial charge in [-0.05, 0) is 37.5 Å². The molecule has 0 aromatic heterocycles. The summed E-state index contributed by atoms with van der Waals surface area (Å²) >= 11 is 0. The maximum atomic E-state index is 13.2. The van der Waals surface area contributed by atoms with Crippen LogP contribution in [0, 0.1) is 12.7 Å². The fourth-order valence-corrected chi connectivity index (χ4v) is 2.75. The number of halogens is 1. The Kier molecular flexibility index (Phi) is 4.99. The van der Waals surface area contributed by atoms with Gasteiger partial charge in [-0.25, -0.2) is 4.39 Å². The first kappa shape index (κ1) is 14.8. The van der Waals surface area contributed by atoms with Crippen LogP contribution >= 0.6 is 0 Å². The summed E-state index contributed by atoms with van der Waals surface area (Å²) in [4.78, 5) is 14.0. The molecule has 0 spiro atoms. The number of aryl methyl sites for hydroxylation is 1. The number of hydrogen-bond donors (Lipinski definition) is 1. The second-order valence-electron chi connectivity index (χ2n) is 5.61. The molecule has 0 saturated heterocycles. The van der Waals surface area contributed by atoms with Crippen molar-refractivity contribution in [2.24, 2.45) is 0 Å². The van der Waals surface area contributed by atoms with Gasteiger partial charge in [0.2, 0.25) is 5.91 Å². The third-order valence-corrected chi connectivity index (χ3v) is 4.15. The Morgan fingerprint density at radius 2 is 2.05 bits per heavy atom. The highest BCUT2D eigenvalue weighted by Gasteiger charge is 2.21. The highest BCUT2D eigenvalue weighted by atomic mass is 19.1. The van der Waals surface area contributed by atoms with Gasteiger partial charge in [0.15, 0.2) is 0 Å². The monoisotopic (exact) mass is 278 g/mol. The Morgan fingerprint density at radius 3 is 2.75 bits per heavy atom. The number of carbonyl (C=O) groups excluding carboxylic acids is 1. The fraction of sp³-hybridized carbons (Fsp3) is 0.562. The Labute approximate surface area is 120 Å². The lowest BCUT2D eigenvalue weighted by Gasteiger charge is -2.31. The van der Waals surface area contributed by atoms with Crippen molar-refractivity contribution in [2.45, 2.75) is 45.1 Å². The maximum Gasteiger partial charge on any atom is 0.241 e. The Morgan fingerprint density at radius 1 is 1.35 bits per heavy atom. The molecule has 1 aromatic rings. The van der Waals surface area contributed by atoms with Crippen molar-refractivity contribution in [3.05, 3.63) is 29.6 Å². The zero-order valence-corrected chi connectivity index (χ0v) is 12.3. The van der Waals surface area contributed by atoms with Crippen molar-refractivity contribution in [3.8, 4) is 0 Å². The van der Waals surface area contributed by atoms with E-state index in [1.54, 1.807) is 6.07 Å². The summed E-state index contributed by atoms with van der Waals surface area (Å²) in [6.07, 6.45) is 5.89. The van der Waals surface area contributed by atoms with Crippen LogP contribution in [-0.2, 0) is 4.79 Å². The molecule has 3 nitrogen and oxygen atoms in total. The highest BCUT2D eigenvalue weighted by molar-refractivity contribution is 5.81. The van der Waals surface area contributed by atoms with Crippen molar-refractivity contribution in [3.63, 3.8) is 0 Å². The third kappa shape index (κ3) is 3.71. The van der Waals surface area contributed by atoms with Crippen LogP contribution in [0.5, 0.6) is 0 Å². The average molecular weight is 278 g/mol. The molecule has 20 heavy (non-hydrogen) atoms. The summed E-state index contributed by atoms with van der Waals surface area (Å²) < 4.78 is 13.2. The van der Waals surface area contributed by atoms with E-state index in [-0.39, 0.29) is 18.3 Å². The summed E-state index contributed by atoms with van der Waals surface area (Å²) in [5.74, 6) is -0.216. The van der Waals surface area contributed by atoms with Crippen LogP contribution in [-0.4, -0.2) is 30.4 Å². The largest absolute Gasteiger partial charge is 0.376 e. The highest BCUT2D eigenvalue weighted by Crippen LogP contribution is 2.22. The quantitative estimate of drug-likeness (QED) is 0.916. The van der Waals surface area contributed by atoms with Crippen LogP contribution in [0.4, 0.5) is 10.1 Å². The molecule has 0 radical (unpaired) electrons. The molecule has 0 aliphatic heterocycles. The zero-order valence-electron chi connectivity index (χ0n) is 12.3. The van der Waals surface area contributed by atoms with E-state index in [4.69, 9.17) is 0 Å². The topological polar surface area (TPSA) is 32.3 Å². The van der Waals surface area contributed by atoms with Gasteiger partial charge in [-0.2, -0.15) is 0 Å². The van der Waals surface area contributed by atoms with E-state index in [1.165, 1.54) is 31.4 Å². The molecule has 0 atom stereocenters. The van der Waals surface area contributed by atoms with Crippen molar-refractivity contribution in [1.29, 1.82) is 0 Å². The summed E-state index contributed by atoms with van der Waals surface area (Å²) in [5.41, 5.74) is 1.63. The fourth-order valence-electron chi connectivity index (χ4n) is 2.75. The molecule has 110 valence electrons. The predicted octanol–water partition coefficient (Wildman–Crippen LogP) is 3.34. The third-order valence-electron chi connectivity index (χ3n) is 4.15. The predicted molar refractivity (Wildman–Crippen MR) is 79.3 cm³/mol. The zero-order chi connectivity index (χ0) is 14.5. The first-order valence-electron chi connectivity index (χ1n) is 7.33. The number of amides is 1. The van der Waals surface area contributed by atoms with Gasteiger partial charge in [-0.15, -0.1) is 0 Å². The molecule has 1 aliphatic carbocycles. The van der Waals surface area contributed by atoms with Crippen LogP contribution in [0.3, 0.4) is 0 Å². The number of nitrogens with one attached hydrogen (secondary N) is 1. The van der Waals surface area contributed by atoms with E-state index in [0.29, 0.717) is 11.7 Å². The molecule has 1 fully saturated rings. The molecule has 1 aliphatic rings. The van der Waals surface area contributed by atoms with Crippen molar-refractivity contribution in [2.75, 3.05) is 18.9 Å². The molecule has 0 bridgehead atoms. The van der Waals surface area contributed by atoms with E-state index < -0.39 is 0 Å². The van der Waals surface area contributed by atoms with E-state index in [2.05, 4.69) is 5.32 Å². The van der Waals surface area contributed by atoms with Gasteiger partial charge in [0.1, 0.15) is 5.82 Å². The van der Waals surface area contributed by atoms with Crippen LogP contribution < -0.4 is 5.32 Å². The van der Waals surface area contributed by atoms with E-state index in [9.17, 15) is 9.18 Å². The molecule has 2 rings (SSSR count). The van der Waals surface area contributed by atoms with Crippen molar-refractivity contribution < 1.29 is 9.18 Å². The molecule has 1 aromatic carbocycles. The standard InChI is InChI=1S/C16H23FN2O/c1-12-8-9-13(17)10-15(12)18-11-16(20)19(2)14-6-4-3-5-7-14/h8-10,14,18H,3-7,11H2,1-2H3. The molecular weight excluding hydrogens is 255 g/mol. The van der Waals surface area contributed by atoms with Gasteiger partial charge in [0.05, 0.1) is 6.54 Å². The molecule has 4 heteroatoms. The Bertz CT molecular complexity index is 470. The summed E-state index contributed by atoms with van der Waals surface area (Å²) in [5, 5.41) is 3.04. The first-order chi connectivity index (χ1) is 9.58. The number of nitrogens with zero attached hydrogens (tertiary/aromatic N) is 1. The normalized spacial score (nSPS) is 15.9.